The maximum Gasteiger partial charge on any atom is 0.353 e. The number of thioether (sulfide) groups is 1. The number of nitrogens with zero attached hydrogens (tertiary/aromatic N) is 3. The smallest absolute Gasteiger partial charge is 0.353 e. The highest BCUT2D eigenvalue weighted by Gasteiger charge is 2.60. The maximum absolute atomic E-state index is 13.3. The number of nitrogens with one attached hydrogen (secondary N) is 3. The normalized spacial score (nSPS) is 28.8. The van der Waals surface area contributed by atoms with Crippen molar-refractivity contribution < 1.29 is 38.2 Å². The van der Waals surface area contributed by atoms with E-state index in [4.69, 9.17) is 0 Å². The minimum Gasteiger partial charge on any atom is -0.503 e. The molecule has 3 amide bonds. The predicted molar refractivity (Wildman–Crippen MR) is 155 cm³/mol. The second-order valence-electron chi connectivity index (χ2n) is 11.8. The van der Waals surface area contributed by atoms with E-state index in [0.29, 0.717) is 43.2 Å². The minimum atomic E-state index is -3.22. The van der Waals surface area contributed by atoms with Gasteiger partial charge in [-0.1, -0.05) is 6.92 Å². The van der Waals surface area contributed by atoms with Crippen LogP contribution in [0.3, 0.4) is 0 Å². The molecule has 0 radical (unpaired) electrons. The number of carboxylic acids is 1. The summed E-state index contributed by atoms with van der Waals surface area (Å²) in [6.07, 6.45) is -0.669. The zero-order valence-corrected chi connectivity index (χ0v) is 25.3. The zero-order valence-electron chi connectivity index (χ0n) is 24.5. The van der Waals surface area contributed by atoms with E-state index in [-0.39, 0.29) is 28.6 Å². The molecule has 240 valence electrons. The van der Waals surface area contributed by atoms with Crippen LogP contribution in [0.4, 0.5) is 8.78 Å². The van der Waals surface area contributed by atoms with Crippen molar-refractivity contribution in [3.8, 4) is 5.75 Å². The predicted octanol–water partition coefficient (Wildman–Crippen LogP) is -0.212. The number of aryl methyl sites for hydroxylation is 1. The molecule has 7 atom stereocenters. The number of halogens is 2. The van der Waals surface area contributed by atoms with Gasteiger partial charge >= 0.3 is 12.4 Å². The lowest BCUT2D eigenvalue weighted by molar-refractivity contribution is -0.159. The summed E-state index contributed by atoms with van der Waals surface area (Å²) < 4.78 is 27.2. The fraction of sp³-hybridized carbons (Fsp3) is 0.607. The highest BCUT2D eigenvalue weighted by Crippen LogP contribution is 2.52. The van der Waals surface area contributed by atoms with Gasteiger partial charge < -0.3 is 40.5 Å². The Kier molecular flexibility index (Phi) is 9.05. The first-order valence-corrected chi connectivity index (χ1v) is 15.4. The highest BCUT2D eigenvalue weighted by atomic mass is 32.2. The number of aromatic nitrogens is 1. The van der Waals surface area contributed by atoms with E-state index in [0.717, 1.165) is 6.42 Å². The lowest BCUT2D eigenvalue weighted by atomic mass is 9.78. The number of carbonyl (C=O) groups is 4. The number of carbonyl (C=O) groups excluding carboxylic acids is 3. The molecule has 3 fully saturated rings. The number of β-lactam (4-membered cyclic amide) rings is 1. The van der Waals surface area contributed by atoms with E-state index in [1.165, 1.54) is 35.8 Å². The largest absolute Gasteiger partial charge is 0.503 e. The maximum atomic E-state index is 13.3. The molecule has 0 aliphatic carbocycles. The van der Waals surface area contributed by atoms with Gasteiger partial charge in [0.25, 0.3) is 5.91 Å². The van der Waals surface area contributed by atoms with Crippen LogP contribution in [-0.2, 0) is 32.8 Å². The summed E-state index contributed by atoms with van der Waals surface area (Å²) in [6, 6.07) is -0.519. The summed E-state index contributed by atoms with van der Waals surface area (Å²) >= 11 is 1.32. The number of carboxylic acid groups (broad SMARTS) is 1. The van der Waals surface area contributed by atoms with E-state index in [1.807, 2.05) is 0 Å². The van der Waals surface area contributed by atoms with Crippen molar-refractivity contribution in [2.24, 2.45) is 18.9 Å². The fourth-order valence-corrected chi connectivity index (χ4v) is 8.14. The van der Waals surface area contributed by atoms with Crippen LogP contribution in [0.15, 0.2) is 27.7 Å². The van der Waals surface area contributed by atoms with Gasteiger partial charge in [-0.25, -0.2) is 4.79 Å². The molecule has 1 aromatic rings. The Bertz CT molecular complexity index is 1450. The number of hydrogen-bond acceptors (Lipinski definition) is 9. The summed E-state index contributed by atoms with van der Waals surface area (Å²) in [5.74, 6) is -4.86. The lowest BCUT2D eigenvalue weighted by Gasteiger charge is -2.47. The molecule has 0 unspecified atom stereocenters. The van der Waals surface area contributed by atoms with E-state index in [2.05, 4.69) is 16.0 Å². The van der Waals surface area contributed by atoms with Crippen LogP contribution in [-0.4, -0.2) is 104 Å². The quantitative estimate of drug-likeness (QED) is 0.216. The molecular weight excluding hydrogens is 602 g/mol. The Labute approximate surface area is 256 Å². The first-order valence-electron chi connectivity index (χ1n) is 14.5. The van der Waals surface area contributed by atoms with Crippen LogP contribution >= 0.6 is 11.8 Å². The number of fused-ring (bicyclic) bond motifs is 1. The summed E-state index contributed by atoms with van der Waals surface area (Å²) in [7, 11) is 1.73. The molecule has 4 aliphatic heterocycles. The summed E-state index contributed by atoms with van der Waals surface area (Å²) in [5, 5.41) is 28.2. The molecular formula is C28H36F2N6O7S. The molecule has 0 spiro atoms. The zero-order chi connectivity index (χ0) is 32.0. The highest BCUT2D eigenvalue weighted by molar-refractivity contribution is 8.03. The summed E-state index contributed by atoms with van der Waals surface area (Å²) in [6.45, 7) is 5.16. The molecule has 0 bridgehead atoms. The number of aromatic hydroxyl groups is 1. The van der Waals surface area contributed by atoms with Gasteiger partial charge in [-0.05, 0) is 19.8 Å². The Morgan fingerprint density at radius 3 is 2.66 bits per heavy atom. The van der Waals surface area contributed by atoms with Crippen molar-refractivity contribution in [1.29, 1.82) is 0 Å². The Hall–Kier alpha value is -3.50. The fourth-order valence-electron chi connectivity index (χ4n) is 6.66. The van der Waals surface area contributed by atoms with Crippen molar-refractivity contribution in [2.75, 3.05) is 19.6 Å². The monoisotopic (exact) mass is 638 g/mol. The number of likely N-dealkylation sites (tertiary alicyclic amines) is 1. The van der Waals surface area contributed by atoms with E-state index >= 15 is 0 Å². The Morgan fingerprint density at radius 2 is 1.98 bits per heavy atom. The molecule has 1 aromatic heterocycles. The third-order valence-electron chi connectivity index (χ3n) is 8.97. The van der Waals surface area contributed by atoms with Gasteiger partial charge in [0.05, 0.1) is 18.0 Å². The van der Waals surface area contributed by atoms with Crippen LogP contribution in [0.25, 0.3) is 0 Å². The van der Waals surface area contributed by atoms with Crippen molar-refractivity contribution in [1.82, 2.24) is 30.3 Å². The average molecular weight is 639 g/mol. The van der Waals surface area contributed by atoms with Gasteiger partial charge in [-0.15, -0.1) is 11.8 Å². The van der Waals surface area contributed by atoms with E-state index in [9.17, 15) is 43.0 Å². The number of rotatable bonds is 10. The molecule has 0 aromatic carbocycles. The summed E-state index contributed by atoms with van der Waals surface area (Å²) in [4.78, 5) is 65.3. The van der Waals surface area contributed by atoms with Crippen LogP contribution in [0.2, 0.25) is 0 Å². The third kappa shape index (κ3) is 5.94. The SMILES string of the molecule is C[C@@H](NC(=O)C(F)F)[C@H]1C(=O)N2C(C(=O)O)=C(S[C@@H]3CN[C@H](C(=O)N4CC[C@@H](NCc5cc(=O)c(O)cn5C)C4)C3)[C@H](C)[C@H]12. The summed E-state index contributed by atoms with van der Waals surface area (Å²) in [5.41, 5.74) is 0.122. The molecule has 5 rings (SSSR count). The standard InChI is InChI=1S/C28H36F2N6O7S/c1-12-21-20(13(2)33-25(39)24(29)30)27(41)36(21)22(28(42)43)23(12)44-16-7-17(32-9-16)26(40)35-5-4-14(10-35)31-8-15-6-18(37)19(38)11-34(15)3/h6,11-14,16-17,20-21,24,31-32,38H,4-5,7-10H2,1-3H3,(H,33,39)(H,42,43)/t12-,13-,14-,16+,17+,20-,21-/m1/s1. The van der Waals surface area contributed by atoms with Crippen LogP contribution in [0, 0.1) is 11.8 Å². The molecule has 3 saturated heterocycles. The molecule has 5 heterocycles. The number of alkyl halides is 2. The number of amides is 3. The molecule has 13 nitrogen and oxygen atoms in total. The second kappa shape index (κ2) is 12.5. The van der Waals surface area contributed by atoms with Gasteiger partial charge in [0.15, 0.2) is 5.75 Å². The molecule has 4 aliphatic rings. The van der Waals surface area contributed by atoms with Gasteiger partial charge in [-0.2, -0.15) is 8.78 Å². The first-order chi connectivity index (χ1) is 20.8. The van der Waals surface area contributed by atoms with Gasteiger partial charge in [0, 0.05) is 79.3 Å². The minimum absolute atomic E-state index is 0.0277. The van der Waals surface area contributed by atoms with Crippen molar-refractivity contribution in [3.05, 3.63) is 38.8 Å². The molecule has 44 heavy (non-hydrogen) atoms. The molecule has 5 N–H and O–H groups in total. The van der Waals surface area contributed by atoms with Gasteiger partial charge in [-0.3, -0.25) is 19.2 Å². The number of pyridine rings is 1. The Morgan fingerprint density at radius 1 is 1.25 bits per heavy atom. The van der Waals surface area contributed by atoms with Gasteiger partial charge in [0.1, 0.15) is 5.70 Å². The number of aliphatic carboxylic acids is 1. The van der Waals surface area contributed by atoms with Gasteiger partial charge in [0.2, 0.25) is 17.2 Å². The van der Waals surface area contributed by atoms with Crippen LogP contribution < -0.4 is 21.4 Å². The molecule has 16 heteroatoms. The molecule has 0 saturated carbocycles. The first kappa shape index (κ1) is 31.9. The van der Waals surface area contributed by atoms with E-state index < -0.39 is 59.6 Å². The van der Waals surface area contributed by atoms with Crippen LogP contribution in [0.1, 0.15) is 32.4 Å². The Balaban J connectivity index is 1.16. The van der Waals surface area contributed by atoms with Crippen molar-refractivity contribution >= 4 is 35.5 Å². The van der Waals surface area contributed by atoms with Crippen LogP contribution in [0.5, 0.6) is 5.75 Å². The number of hydrogen-bond donors (Lipinski definition) is 5. The third-order valence-corrected chi connectivity index (χ3v) is 10.5. The van der Waals surface area contributed by atoms with Crippen molar-refractivity contribution in [2.45, 2.75) is 69.1 Å². The van der Waals surface area contributed by atoms with E-state index in [1.54, 1.807) is 23.4 Å². The topological polar surface area (TPSA) is 173 Å². The average Bonchev–Trinajstić information content (AvgIpc) is 3.68. The van der Waals surface area contributed by atoms with Crippen molar-refractivity contribution in [3.63, 3.8) is 0 Å². The second-order valence-corrected chi connectivity index (χ2v) is 13.2. The lowest BCUT2D eigenvalue weighted by Crippen LogP contribution is -2.66.